The van der Waals surface area contributed by atoms with Gasteiger partial charge in [-0.15, -0.1) is 0 Å². The molecule has 0 bridgehead atoms. The largest absolute Gasteiger partial charge is 0.475 e. The average Bonchev–Trinajstić information content (AvgIpc) is 3.36. The number of amides is 1. The zero-order valence-corrected chi connectivity index (χ0v) is 18.0. The first kappa shape index (κ1) is 22.1. The lowest BCUT2D eigenvalue weighted by Gasteiger charge is -2.20. The predicted octanol–water partition coefficient (Wildman–Crippen LogP) is 3.12. The number of aliphatic carboxylic acids is 1. The number of ketones is 1. The molecule has 1 atom stereocenters. The molecule has 1 heterocycles. The summed E-state index contributed by atoms with van der Waals surface area (Å²) in [4.78, 5) is 39.5. The Hall–Kier alpha value is -2.59. The summed E-state index contributed by atoms with van der Waals surface area (Å²) in [6.45, 7) is 0. The number of carbonyl (C=O) groups excluding carboxylic acids is 2. The van der Waals surface area contributed by atoms with Gasteiger partial charge in [-0.2, -0.15) is 0 Å². The molecule has 1 aliphatic carbocycles. The number of thiazole rings is 1. The van der Waals surface area contributed by atoms with Gasteiger partial charge in [0.25, 0.3) is 5.78 Å². The maximum absolute atomic E-state index is 13.0. The van der Waals surface area contributed by atoms with Gasteiger partial charge in [0, 0.05) is 6.26 Å². The van der Waals surface area contributed by atoms with Crippen LogP contribution >= 0.6 is 11.3 Å². The maximum Gasteiger partial charge on any atom is 0.378 e. The minimum Gasteiger partial charge on any atom is -0.475 e. The van der Waals surface area contributed by atoms with Crippen molar-refractivity contribution in [2.24, 2.45) is 5.92 Å². The van der Waals surface area contributed by atoms with Gasteiger partial charge in [-0.3, -0.25) is 9.59 Å². The second-order valence-electron chi connectivity index (χ2n) is 7.43. The molecule has 1 amide bonds. The Morgan fingerprint density at radius 3 is 2.40 bits per heavy atom. The molecule has 0 saturated heterocycles. The highest BCUT2D eigenvalue weighted by Gasteiger charge is 2.28. The van der Waals surface area contributed by atoms with E-state index in [2.05, 4.69) is 10.3 Å². The normalized spacial score (nSPS) is 15.6. The van der Waals surface area contributed by atoms with E-state index in [4.69, 9.17) is 5.11 Å². The van der Waals surface area contributed by atoms with Crippen molar-refractivity contribution in [2.75, 3.05) is 11.6 Å². The van der Waals surface area contributed by atoms with Gasteiger partial charge in [0.2, 0.25) is 5.91 Å². The van der Waals surface area contributed by atoms with Crippen LogP contribution in [0.5, 0.6) is 0 Å². The number of aromatic nitrogens is 1. The van der Waals surface area contributed by atoms with E-state index < -0.39 is 27.5 Å². The molecule has 0 aliphatic heterocycles. The predicted molar refractivity (Wildman–Crippen MR) is 112 cm³/mol. The van der Waals surface area contributed by atoms with Crippen LogP contribution in [0.15, 0.2) is 35.4 Å². The molecule has 3 rings (SSSR count). The minimum atomic E-state index is -3.34. The van der Waals surface area contributed by atoms with Crippen LogP contribution in [0.25, 0.3) is 0 Å². The number of rotatable bonds is 8. The van der Waals surface area contributed by atoms with Crippen LogP contribution in [0.3, 0.4) is 0 Å². The third-order valence-corrected chi connectivity index (χ3v) is 7.26. The summed E-state index contributed by atoms with van der Waals surface area (Å²) in [5.74, 6) is -3.09. The molecule has 2 N–H and O–H groups in total. The lowest BCUT2D eigenvalue weighted by Crippen LogP contribution is -2.23. The Morgan fingerprint density at radius 2 is 1.83 bits per heavy atom. The molecule has 160 valence electrons. The Labute approximate surface area is 178 Å². The third kappa shape index (κ3) is 5.31. The van der Waals surface area contributed by atoms with Crippen molar-refractivity contribution in [1.29, 1.82) is 0 Å². The minimum absolute atomic E-state index is 0.0670. The first-order valence-electron chi connectivity index (χ1n) is 9.49. The topological polar surface area (TPSA) is 130 Å². The maximum atomic E-state index is 13.0. The molecule has 8 nitrogen and oxygen atoms in total. The Balaban J connectivity index is 1.82. The summed E-state index contributed by atoms with van der Waals surface area (Å²) in [5, 5.41) is 11.6. The van der Waals surface area contributed by atoms with Crippen LogP contribution < -0.4 is 5.32 Å². The Kier molecular flexibility index (Phi) is 6.67. The summed E-state index contributed by atoms with van der Waals surface area (Å²) in [6.07, 6.45) is 7.21. The standard InChI is InChI=1S/C20H22N2O6S2/c1-30(27,28)14-8-6-13(7-9-14)15(10-12-4-2-3-5-12)18(24)22-20-21-11-16(29-20)17(23)19(25)26/h6-9,11-12,15H,2-5,10H2,1H3,(H,25,26)(H,21,22,24). The zero-order valence-electron chi connectivity index (χ0n) is 16.3. The SMILES string of the molecule is CS(=O)(=O)c1ccc(C(CC2CCCC2)C(=O)Nc2ncc(C(=O)C(=O)O)s2)cc1. The molecule has 1 aromatic heterocycles. The van der Waals surface area contributed by atoms with Crippen molar-refractivity contribution < 1.29 is 27.9 Å². The molecule has 2 aromatic rings. The first-order valence-corrected chi connectivity index (χ1v) is 12.2. The van der Waals surface area contributed by atoms with E-state index in [-0.39, 0.29) is 20.8 Å². The van der Waals surface area contributed by atoms with Crippen LogP contribution in [-0.2, 0) is 19.4 Å². The third-order valence-electron chi connectivity index (χ3n) is 5.22. The van der Waals surface area contributed by atoms with Gasteiger partial charge in [0.15, 0.2) is 15.0 Å². The number of carbonyl (C=O) groups is 3. The fourth-order valence-electron chi connectivity index (χ4n) is 3.66. The fourth-order valence-corrected chi connectivity index (χ4v) is 5.04. The van der Waals surface area contributed by atoms with E-state index >= 15 is 0 Å². The number of Topliss-reactive ketones (excluding diaryl/α,β-unsaturated/α-hetero) is 1. The van der Waals surface area contributed by atoms with Crippen molar-refractivity contribution in [3.05, 3.63) is 40.9 Å². The van der Waals surface area contributed by atoms with E-state index in [0.29, 0.717) is 17.9 Å². The van der Waals surface area contributed by atoms with E-state index in [1.54, 1.807) is 12.1 Å². The fraction of sp³-hybridized carbons (Fsp3) is 0.400. The van der Waals surface area contributed by atoms with Gasteiger partial charge in [0.1, 0.15) is 4.88 Å². The summed E-state index contributed by atoms with van der Waals surface area (Å²) in [5.41, 5.74) is 0.699. The molecule has 1 saturated carbocycles. The lowest BCUT2D eigenvalue weighted by molar-refractivity contribution is -0.131. The van der Waals surface area contributed by atoms with E-state index in [9.17, 15) is 22.8 Å². The zero-order chi connectivity index (χ0) is 21.9. The monoisotopic (exact) mass is 450 g/mol. The molecule has 1 fully saturated rings. The summed E-state index contributed by atoms with van der Waals surface area (Å²) < 4.78 is 23.4. The number of hydrogen-bond acceptors (Lipinski definition) is 7. The van der Waals surface area contributed by atoms with E-state index in [0.717, 1.165) is 49.5 Å². The Morgan fingerprint density at radius 1 is 1.20 bits per heavy atom. The van der Waals surface area contributed by atoms with Crippen molar-refractivity contribution in [3.63, 3.8) is 0 Å². The summed E-state index contributed by atoms with van der Waals surface area (Å²) >= 11 is 0.806. The number of nitrogens with one attached hydrogen (secondary N) is 1. The number of carboxylic acids is 1. The Bertz CT molecular complexity index is 1050. The van der Waals surface area contributed by atoms with Crippen LogP contribution in [0, 0.1) is 5.92 Å². The summed E-state index contributed by atoms with van der Waals surface area (Å²) in [6, 6.07) is 6.28. The molecule has 1 unspecified atom stereocenters. The molecule has 10 heteroatoms. The van der Waals surface area contributed by atoms with Crippen molar-refractivity contribution in [3.8, 4) is 0 Å². The highest BCUT2D eigenvalue weighted by atomic mass is 32.2. The molecule has 1 aliphatic rings. The van der Waals surface area contributed by atoms with E-state index in [1.807, 2.05) is 0 Å². The highest BCUT2D eigenvalue weighted by Crippen LogP contribution is 2.35. The van der Waals surface area contributed by atoms with Gasteiger partial charge in [-0.1, -0.05) is 49.2 Å². The van der Waals surface area contributed by atoms with Gasteiger partial charge >= 0.3 is 5.97 Å². The highest BCUT2D eigenvalue weighted by molar-refractivity contribution is 7.90. The molecular formula is C20H22N2O6S2. The number of sulfone groups is 1. The number of carboxylic acid groups (broad SMARTS) is 1. The van der Waals surface area contributed by atoms with Crippen molar-refractivity contribution >= 4 is 44.0 Å². The van der Waals surface area contributed by atoms with Gasteiger partial charge in [-0.25, -0.2) is 18.2 Å². The van der Waals surface area contributed by atoms with Gasteiger partial charge in [0.05, 0.1) is 17.0 Å². The van der Waals surface area contributed by atoms with Gasteiger partial charge < -0.3 is 10.4 Å². The molecule has 0 spiro atoms. The van der Waals surface area contributed by atoms with Crippen LogP contribution in [0.2, 0.25) is 0 Å². The summed E-state index contributed by atoms with van der Waals surface area (Å²) in [7, 11) is -3.34. The van der Waals surface area contributed by atoms with E-state index in [1.165, 1.54) is 12.1 Å². The number of anilines is 1. The second-order valence-corrected chi connectivity index (χ2v) is 10.5. The van der Waals surface area contributed by atoms with Crippen LogP contribution in [-0.4, -0.2) is 42.4 Å². The molecule has 30 heavy (non-hydrogen) atoms. The van der Waals surface area contributed by atoms with Crippen molar-refractivity contribution in [1.82, 2.24) is 4.98 Å². The molecule has 0 radical (unpaired) electrons. The smallest absolute Gasteiger partial charge is 0.378 e. The van der Waals surface area contributed by atoms with Crippen LogP contribution in [0.4, 0.5) is 5.13 Å². The van der Waals surface area contributed by atoms with Crippen molar-refractivity contribution in [2.45, 2.75) is 42.9 Å². The quantitative estimate of drug-likeness (QED) is 0.467. The second kappa shape index (κ2) is 9.05. The lowest BCUT2D eigenvalue weighted by atomic mass is 9.87. The molecule has 1 aromatic carbocycles. The number of benzene rings is 1. The number of nitrogens with zero attached hydrogens (tertiary/aromatic N) is 1. The number of hydrogen-bond donors (Lipinski definition) is 2. The molecular weight excluding hydrogens is 428 g/mol. The first-order chi connectivity index (χ1) is 14.1. The average molecular weight is 451 g/mol. The van der Waals surface area contributed by atoms with Gasteiger partial charge in [-0.05, 0) is 30.0 Å². The van der Waals surface area contributed by atoms with Crippen LogP contribution in [0.1, 0.15) is 53.3 Å².